The zero-order valence-corrected chi connectivity index (χ0v) is 9.32. The molecule has 0 radical (unpaired) electrons. The molecular formula is C11H17NO3. The lowest BCUT2D eigenvalue weighted by Crippen LogP contribution is -2.21. The highest BCUT2D eigenvalue weighted by molar-refractivity contribution is 5.32. The Morgan fingerprint density at radius 2 is 2.07 bits per heavy atom. The van der Waals surface area contributed by atoms with E-state index in [0.717, 1.165) is 16.8 Å². The molecule has 1 unspecified atom stereocenters. The summed E-state index contributed by atoms with van der Waals surface area (Å²) in [6.07, 6.45) is -0.853. The number of hydrogen-bond acceptors (Lipinski definition) is 4. The summed E-state index contributed by atoms with van der Waals surface area (Å²) in [6, 6.07) is 1.83. The molecule has 1 rings (SSSR count). The average Bonchev–Trinajstić information content (AvgIpc) is 2.22. The second-order valence-corrected chi connectivity index (χ2v) is 3.64. The van der Waals surface area contributed by atoms with Gasteiger partial charge in [-0.1, -0.05) is 0 Å². The van der Waals surface area contributed by atoms with Gasteiger partial charge in [-0.15, -0.1) is 0 Å². The Bertz CT molecular complexity index is 316. The third kappa shape index (κ3) is 3.18. The Labute approximate surface area is 89.5 Å². The summed E-state index contributed by atoms with van der Waals surface area (Å²) < 4.78 is 5.25. The molecule has 15 heavy (non-hydrogen) atoms. The van der Waals surface area contributed by atoms with Gasteiger partial charge in [0.05, 0.1) is 6.61 Å². The van der Waals surface area contributed by atoms with Crippen molar-refractivity contribution in [3.05, 3.63) is 22.9 Å². The van der Waals surface area contributed by atoms with E-state index in [1.165, 1.54) is 0 Å². The largest absolute Gasteiger partial charge is 0.475 e. The Hall–Kier alpha value is -1.13. The van der Waals surface area contributed by atoms with Gasteiger partial charge in [0.2, 0.25) is 5.88 Å². The van der Waals surface area contributed by atoms with E-state index < -0.39 is 6.10 Å². The van der Waals surface area contributed by atoms with Gasteiger partial charge < -0.3 is 14.9 Å². The highest BCUT2D eigenvalue weighted by atomic mass is 16.5. The topological polar surface area (TPSA) is 62.6 Å². The first-order valence-electron chi connectivity index (χ1n) is 4.91. The molecule has 1 aromatic rings. The maximum atomic E-state index is 9.11. The van der Waals surface area contributed by atoms with E-state index in [0.29, 0.717) is 5.88 Å². The maximum absolute atomic E-state index is 9.11. The second-order valence-electron chi connectivity index (χ2n) is 3.64. The first kappa shape index (κ1) is 11.9. The van der Waals surface area contributed by atoms with Gasteiger partial charge in [-0.2, -0.15) is 0 Å². The molecule has 2 N–H and O–H groups in total. The molecule has 4 heteroatoms. The number of pyridine rings is 1. The minimum absolute atomic E-state index is 0.0610. The summed E-state index contributed by atoms with van der Waals surface area (Å²) in [7, 11) is 0. The third-order valence-electron chi connectivity index (χ3n) is 2.39. The summed E-state index contributed by atoms with van der Waals surface area (Å²) in [5, 5.41) is 17.7. The van der Waals surface area contributed by atoms with Gasteiger partial charge >= 0.3 is 0 Å². The van der Waals surface area contributed by atoms with Crippen LogP contribution in [0.2, 0.25) is 0 Å². The SMILES string of the molecule is Cc1cc(OCC(O)CO)nc(C)c1C. The fourth-order valence-electron chi connectivity index (χ4n) is 1.17. The molecular weight excluding hydrogens is 194 g/mol. The monoisotopic (exact) mass is 211 g/mol. The molecule has 0 aliphatic carbocycles. The van der Waals surface area contributed by atoms with Crippen molar-refractivity contribution in [2.24, 2.45) is 0 Å². The predicted octanol–water partition coefficient (Wildman–Crippen LogP) is 0.739. The third-order valence-corrected chi connectivity index (χ3v) is 2.39. The van der Waals surface area contributed by atoms with E-state index in [1.54, 1.807) is 0 Å². The normalized spacial score (nSPS) is 12.6. The van der Waals surface area contributed by atoms with Crippen molar-refractivity contribution in [1.29, 1.82) is 0 Å². The first-order valence-corrected chi connectivity index (χ1v) is 4.91. The molecule has 84 valence electrons. The number of hydrogen-bond donors (Lipinski definition) is 2. The smallest absolute Gasteiger partial charge is 0.213 e. The van der Waals surface area contributed by atoms with Gasteiger partial charge in [-0.05, 0) is 31.9 Å². The van der Waals surface area contributed by atoms with Crippen LogP contribution < -0.4 is 4.74 Å². The van der Waals surface area contributed by atoms with Crippen LogP contribution in [-0.4, -0.2) is 34.5 Å². The van der Waals surface area contributed by atoms with Crippen LogP contribution in [0.1, 0.15) is 16.8 Å². The van der Waals surface area contributed by atoms with E-state index in [4.69, 9.17) is 14.9 Å². The lowest BCUT2D eigenvalue weighted by molar-refractivity contribution is 0.0520. The summed E-state index contributed by atoms with van der Waals surface area (Å²) in [6.45, 7) is 5.66. The molecule has 0 aromatic carbocycles. The van der Waals surface area contributed by atoms with E-state index in [2.05, 4.69) is 4.98 Å². The minimum Gasteiger partial charge on any atom is -0.475 e. The molecule has 1 aromatic heterocycles. The molecule has 4 nitrogen and oxygen atoms in total. The lowest BCUT2D eigenvalue weighted by atomic mass is 10.1. The van der Waals surface area contributed by atoms with Crippen molar-refractivity contribution >= 4 is 0 Å². The van der Waals surface area contributed by atoms with Crippen molar-refractivity contribution in [2.75, 3.05) is 13.2 Å². The summed E-state index contributed by atoms with van der Waals surface area (Å²) in [5.41, 5.74) is 3.17. The molecule has 0 spiro atoms. The van der Waals surface area contributed by atoms with Crippen LogP contribution >= 0.6 is 0 Å². The summed E-state index contributed by atoms with van der Waals surface area (Å²) in [4.78, 5) is 4.22. The Morgan fingerprint density at radius 3 is 2.60 bits per heavy atom. The van der Waals surface area contributed by atoms with Crippen molar-refractivity contribution in [3.8, 4) is 5.88 Å². The fourth-order valence-corrected chi connectivity index (χ4v) is 1.17. The molecule has 1 heterocycles. The number of nitrogens with zero attached hydrogens (tertiary/aromatic N) is 1. The Balaban J connectivity index is 2.70. The zero-order valence-electron chi connectivity index (χ0n) is 9.32. The Kier molecular flexibility index (Phi) is 4.05. The number of aryl methyl sites for hydroxylation is 2. The van der Waals surface area contributed by atoms with Crippen LogP contribution in [0, 0.1) is 20.8 Å². The molecule has 0 aliphatic heterocycles. The minimum atomic E-state index is -0.853. The number of aromatic nitrogens is 1. The van der Waals surface area contributed by atoms with E-state index in [-0.39, 0.29) is 13.2 Å². The van der Waals surface area contributed by atoms with Crippen molar-refractivity contribution < 1.29 is 14.9 Å². The second kappa shape index (κ2) is 5.09. The molecule has 0 saturated heterocycles. The van der Waals surface area contributed by atoms with Crippen LogP contribution in [-0.2, 0) is 0 Å². The van der Waals surface area contributed by atoms with Gasteiger partial charge in [0.1, 0.15) is 12.7 Å². The number of aliphatic hydroxyl groups is 2. The van der Waals surface area contributed by atoms with Gasteiger partial charge in [0.25, 0.3) is 0 Å². The molecule has 1 atom stereocenters. The van der Waals surface area contributed by atoms with Crippen LogP contribution in [0.5, 0.6) is 5.88 Å². The van der Waals surface area contributed by atoms with Crippen LogP contribution in [0.4, 0.5) is 0 Å². The predicted molar refractivity (Wildman–Crippen MR) is 57.0 cm³/mol. The van der Waals surface area contributed by atoms with E-state index in [1.807, 2.05) is 26.8 Å². The van der Waals surface area contributed by atoms with Crippen LogP contribution in [0.25, 0.3) is 0 Å². The zero-order chi connectivity index (χ0) is 11.4. The molecule has 0 saturated carbocycles. The quantitative estimate of drug-likeness (QED) is 0.771. The maximum Gasteiger partial charge on any atom is 0.213 e. The van der Waals surface area contributed by atoms with Crippen LogP contribution in [0.15, 0.2) is 6.07 Å². The van der Waals surface area contributed by atoms with Crippen molar-refractivity contribution in [2.45, 2.75) is 26.9 Å². The average molecular weight is 211 g/mol. The van der Waals surface area contributed by atoms with Gasteiger partial charge in [0, 0.05) is 11.8 Å². The van der Waals surface area contributed by atoms with Gasteiger partial charge in [-0.3, -0.25) is 0 Å². The molecule has 0 bridgehead atoms. The molecule has 0 aliphatic rings. The molecule has 0 amide bonds. The number of rotatable bonds is 4. The van der Waals surface area contributed by atoms with Crippen molar-refractivity contribution in [3.63, 3.8) is 0 Å². The van der Waals surface area contributed by atoms with E-state index in [9.17, 15) is 0 Å². The van der Waals surface area contributed by atoms with Crippen LogP contribution in [0.3, 0.4) is 0 Å². The number of ether oxygens (including phenoxy) is 1. The first-order chi connectivity index (χ1) is 7.04. The fraction of sp³-hybridized carbons (Fsp3) is 0.545. The Morgan fingerprint density at radius 1 is 1.40 bits per heavy atom. The standard InChI is InChI=1S/C11H17NO3/c1-7-4-11(12-9(3)8(7)2)15-6-10(14)5-13/h4,10,13-14H,5-6H2,1-3H3. The van der Waals surface area contributed by atoms with Crippen molar-refractivity contribution in [1.82, 2.24) is 4.98 Å². The number of aliphatic hydroxyl groups excluding tert-OH is 2. The highest BCUT2D eigenvalue weighted by Crippen LogP contribution is 2.16. The molecule has 0 fully saturated rings. The van der Waals surface area contributed by atoms with Gasteiger partial charge in [-0.25, -0.2) is 4.98 Å². The van der Waals surface area contributed by atoms with Gasteiger partial charge in [0.15, 0.2) is 0 Å². The highest BCUT2D eigenvalue weighted by Gasteiger charge is 2.06. The lowest BCUT2D eigenvalue weighted by Gasteiger charge is -2.11. The summed E-state index contributed by atoms with van der Waals surface area (Å²) >= 11 is 0. The van der Waals surface area contributed by atoms with E-state index >= 15 is 0 Å². The summed E-state index contributed by atoms with van der Waals surface area (Å²) in [5.74, 6) is 0.489.